The molecule has 0 aliphatic carbocycles. The molecule has 1 heterocycles. The second-order valence-corrected chi connectivity index (χ2v) is 10.4. The highest BCUT2D eigenvalue weighted by molar-refractivity contribution is 6.00. The fraction of sp³-hybridized carbons (Fsp3) is 0.290. The van der Waals surface area contributed by atoms with Gasteiger partial charge in [0.05, 0.1) is 18.3 Å². The van der Waals surface area contributed by atoms with E-state index in [1.807, 2.05) is 0 Å². The van der Waals surface area contributed by atoms with E-state index in [4.69, 9.17) is 0 Å². The molecule has 0 aliphatic rings. The molecule has 0 saturated carbocycles. The lowest BCUT2D eigenvalue weighted by Gasteiger charge is -2.20. The number of carbonyl (C=O) groups is 2. The standard InChI is InChI=1S/C31H29F5N4O5/c1-15-25(29(42)40(3)31(45)39(15)2)20-9-8-16(18-6-4-5-7-19(18)20)12-24(30(43)44)38-28(41)26-21(33)13-17(14-22(26)34)37-23(10-11-32)27(35)36/h4-9,13-14,23-24,27,37H,10-12H2,1-3H3,(H,38,41)(H,43,44). The number of nitrogens with zero attached hydrogens (tertiary/aromatic N) is 2. The molecule has 2 unspecified atom stereocenters. The van der Waals surface area contributed by atoms with Gasteiger partial charge in [-0.3, -0.25) is 18.5 Å². The predicted molar refractivity (Wildman–Crippen MR) is 158 cm³/mol. The average molecular weight is 633 g/mol. The minimum atomic E-state index is -3.04. The molecule has 4 aromatic rings. The van der Waals surface area contributed by atoms with Crippen molar-refractivity contribution in [1.29, 1.82) is 0 Å². The second-order valence-electron chi connectivity index (χ2n) is 10.4. The van der Waals surface area contributed by atoms with Crippen molar-refractivity contribution in [3.63, 3.8) is 0 Å². The molecular weight excluding hydrogens is 603 g/mol. The molecule has 9 nitrogen and oxygen atoms in total. The molecular formula is C31H29F5N4O5. The molecule has 0 spiro atoms. The molecule has 0 saturated heterocycles. The van der Waals surface area contributed by atoms with Crippen LogP contribution in [-0.4, -0.2) is 51.3 Å². The van der Waals surface area contributed by atoms with Crippen molar-refractivity contribution in [1.82, 2.24) is 14.5 Å². The Morgan fingerprint density at radius 1 is 0.956 bits per heavy atom. The number of rotatable bonds is 11. The van der Waals surface area contributed by atoms with E-state index in [1.54, 1.807) is 43.3 Å². The van der Waals surface area contributed by atoms with Gasteiger partial charge in [-0.2, -0.15) is 0 Å². The number of carboxylic acid groups (broad SMARTS) is 1. The van der Waals surface area contributed by atoms with Gasteiger partial charge in [-0.1, -0.05) is 36.4 Å². The van der Waals surface area contributed by atoms with Gasteiger partial charge in [0.2, 0.25) is 0 Å². The number of halogens is 5. The quantitative estimate of drug-likeness (QED) is 0.212. The Bertz CT molecular complexity index is 1880. The predicted octanol–water partition coefficient (Wildman–Crippen LogP) is 4.32. The lowest BCUT2D eigenvalue weighted by Crippen LogP contribution is -2.43. The van der Waals surface area contributed by atoms with Gasteiger partial charge < -0.3 is 20.3 Å². The molecule has 45 heavy (non-hydrogen) atoms. The van der Waals surface area contributed by atoms with Crippen molar-refractivity contribution >= 4 is 28.3 Å². The summed E-state index contributed by atoms with van der Waals surface area (Å²) in [7, 11) is 2.88. The summed E-state index contributed by atoms with van der Waals surface area (Å²) in [6.07, 6.45) is -3.98. The zero-order valence-corrected chi connectivity index (χ0v) is 24.3. The highest BCUT2D eigenvalue weighted by atomic mass is 19.3. The smallest absolute Gasteiger partial charge is 0.330 e. The van der Waals surface area contributed by atoms with Crippen LogP contribution in [0.2, 0.25) is 0 Å². The Hall–Kier alpha value is -5.01. The monoisotopic (exact) mass is 632 g/mol. The number of anilines is 1. The van der Waals surface area contributed by atoms with Gasteiger partial charge in [-0.15, -0.1) is 0 Å². The molecule has 3 aromatic carbocycles. The van der Waals surface area contributed by atoms with E-state index >= 15 is 0 Å². The number of alkyl halides is 3. The maximum Gasteiger partial charge on any atom is 0.330 e. The number of fused-ring (bicyclic) bond motifs is 1. The van der Waals surface area contributed by atoms with Crippen molar-refractivity contribution in [2.24, 2.45) is 14.1 Å². The molecule has 0 fully saturated rings. The third-order valence-corrected chi connectivity index (χ3v) is 7.61. The van der Waals surface area contributed by atoms with Crippen molar-refractivity contribution in [3.05, 3.63) is 97.8 Å². The van der Waals surface area contributed by atoms with E-state index in [1.165, 1.54) is 18.7 Å². The Morgan fingerprint density at radius 3 is 2.16 bits per heavy atom. The number of aromatic nitrogens is 2. The second kappa shape index (κ2) is 13.3. The number of hydrogen-bond donors (Lipinski definition) is 3. The van der Waals surface area contributed by atoms with Gasteiger partial charge in [0.25, 0.3) is 17.9 Å². The number of aliphatic carboxylic acids is 1. The lowest BCUT2D eigenvalue weighted by molar-refractivity contribution is -0.139. The fourth-order valence-corrected chi connectivity index (χ4v) is 5.13. The van der Waals surface area contributed by atoms with Crippen LogP contribution in [0.5, 0.6) is 0 Å². The number of carbonyl (C=O) groups excluding carboxylic acids is 1. The Kier molecular flexibility index (Phi) is 9.74. The third-order valence-electron chi connectivity index (χ3n) is 7.61. The first-order chi connectivity index (χ1) is 21.3. The molecule has 1 amide bonds. The zero-order chi connectivity index (χ0) is 33.2. The van der Waals surface area contributed by atoms with Crippen LogP contribution in [0.1, 0.15) is 28.0 Å². The minimum absolute atomic E-state index is 0.263. The highest BCUT2D eigenvalue weighted by Gasteiger charge is 2.28. The van der Waals surface area contributed by atoms with Crippen LogP contribution >= 0.6 is 0 Å². The van der Waals surface area contributed by atoms with E-state index < -0.39 is 77.6 Å². The Morgan fingerprint density at radius 2 is 1.58 bits per heavy atom. The van der Waals surface area contributed by atoms with Crippen molar-refractivity contribution in [2.45, 2.75) is 38.3 Å². The SMILES string of the molecule is Cc1c(-c2ccc(CC(NC(=O)c3c(F)cc(NC(CCF)C(F)F)cc3F)C(=O)O)c3ccccc23)c(=O)n(C)c(=O)n1C. The minimum Gasteiger partial charge on any atom is -0.480 e. The summed E-state index contributed by atoms with van der Waals surface area (Å²) in [4.78, 5) is 50.6. The molecule has 14 heteroatoms. The lowest BCUT2D eigenvalue weighted by atomic mass is 9.92. The van der Waals surface area contributed by atoms with Crippen LogP contribution in [-0.2, 0) is 25.3 Å². The molecule has 2 atom stereocenters. The maximum absolute atomic E-state index is 14.8. The molecule has 1 aromatic heterocycles. The summed E-state index contributed by atoms with van der Waals surface area (Å²) in [6, 6.07) is 7.70. The third kappa shape index (κ3) is 6.59. The van der Waals surface area contributed by atoms with Gasteiger partial charge in [-0.05, 0) is 41.0 Å². The van der Waals surface area contributed by atoms with Crippen molar-refractivity contribution < 1.29 is 36.6 Å². The first-order valence-corrected chi connectivity index (χ1v) is 13.7. The summed E-state index contributed by atoms with van der Waals surface area (Å²) >= 11 is 0. The fourth-order valence-electron chi connectivity index (χ4n) is 5.13. The number of amides is 1. The van der Waals surface area contributed by atoms with Gasteiger partial charge in [0.15, 0.2) is 0 Å². The van der Waals surface area contributed by atoms with Crippen LogP contribution in [0.3, 0.4) is 0 Å². The van der Waals surface area contributed by atoms with Crippen LogP contribution < -0.4 is 21.9 Å². The molecule has 238 valence electrons. The molecule has 0 bridgehead atoms. The van der Waals surface area contributed by atoms with Gasteiger partial charge in [-0.25, -0.2) is 27.2 Å². The van der Waals surface area contributed by atoms with Gasteiger partial charge in [0.1, 0.15) is 23.2 Å². The zero-order valence-electron chi connectivity index (χ0n) is 24.3. The average Bonchev–Trinajstić information content (AvgIpc) is 2.99. The van der Waals surface area contributed by atoms with E-state index in [-0.39, 0.29) is 12.0 Å². The maximum atomic E-state index is 14.8. The molecule has 0 radical (unpaired) electrons. The largest absolute Gasteiger partial charge is 0.480 e. The molecule has 3 N–H and O–H groups in total. The topological polar surface area (TPSA) is 122 Å². The molecule has 0 aliphatic heterocycles. The van der Waals surface area contributed by atoms with Crippen LogP contribution in [0.25, 0.3) is 21.9 Å². The number of nitrogens with one attached hydrogen (secondary N) is 2. The number of hydrogen-bond acceptors (Lipinski definition) is 5. The summed E-state index contributed by atoms with van der Waals surface area (Å²) in [5.41, 5.74) is -1.04. The summed E-state index contributed by atoms with van der Waals surface area (Å²) in [6.45, 7) is 0.520. The number of benzene rings is 3. The van der Waals surface area contributed by atoms with E-state index in [0.717, 1.165) is 4.57 Å². The van der Waals surface area contributed by atoms with Crippen molar-refractivity contribution in [2.75, 3.05) is 12.0 Å². The Labute approximate surface area is 252 Å². The van der Waals surface area contributed by atoms with Crippen LogP contribution in [0.4, 0.5) is 27.6 Å². The normalized spacial score (nSPS) is 12.7. The highest BCUT2D eigenvalue weighted by Crippen LogP contribution is 2.31. The first kappa shape index (κ1) is 32.9. The van der Waals surface area contributed by atoms with Crippen LogP contribution in [0.15, 0.2) is 58.1 Å². The van der Waals surface area contributed by atoms with Gasteiger partial charge >= 0.3 is 11.7 Å². The summed E-state index contributed by atoms with van der Waals surface area (Å²) < 4.78 is 70.8. The number of carboxylic acids is 1. The van der Waals surface area contributed by atoms with Crippen molar-refractivity contribution in [3.8, 4) is 11.1 Å². The summed E-state index contributed by atoms with van der Waals surface area (Å²) in [5.74, 6) is -5.81. The first-order valence-electron chi connectivity index (χ1n) is 13.7. The van der Waals surface area contributed by atoms with E-state index in [2.05, 4.69) is 10.6 Å². The van der Waals surface area contributed by atoms with E-state index in [9.17, 15) is 46.2 Å². The molecule has 4 rings (SSSR count). The Balaban J connectivity index is 1.67. The van der Waals surface area contributed by atoms with E-state index in [0.29, 0.717) is 39.7 Å². The van der Waals surface area contributed by atoms with Gasteiger partial charge in [0, 0.05) is 38.3 Å². The van der Waals surface area contributed by atoms with Crippen LogP contribution in [0, 0.1) is 18.6 Å². The summed E-state index contributed by atoms with van der Waals surface area (Å²) in [5, 5.41) is 15.2.